The van der Waals surface area contributed by atoms with Gasteiger partial charge in [-0.05, 0) is 75.3 Å². The fourth-order valence-electron chi connectivity index (χ4n) is 4.79. The van der Waals surface area contributed by atoms with E-state index in [2.05, 4.69) is 21.8 Å². The van der Waals surface area contributed by atoms with Crippen molar-refractivity contribution in [3.63, 3.8) is 0 Å². The van der Waals surface area contributed by atoms with Gasteiger partial charge in [0.05, 0.1) is 23.1 Å². The third-order valence-corrected chi connectivity index (χ3v) is 9.11. The van der Waals surface area contributed by atoms with Gasteiger partial charge in [0.15, 0.2) is 5.13 Å². The Kier molecular flexibility index (Phi) is 10.8. The minimum atomic E-state index is -0.709. The van der Waals surface area contributed by atoms with E-state index < -0.39 is 6.23 Å². The van der Waals surface area contributed by atoms with Crippen LogP contribution in [-0.4, -0.2) is 90.2 Å². The van der Waals surface area contributed by atoms with Gasteiger partial charge in [0.25, 0.3) is 11.8 Å². The maximum atomic E-state index is 13.7. The van der Waals surface area contributed by atoms with Crippen molar-refractivity contribution in [1.29, 1.82) is 0 Å². The van der Waals surface area contributed by atoms with Crippen LogP contribution in [0.15, 0.2) is 63.9 Å². The van der Waals surface area contributed by atoms with Gasteiger partial charge in [0, 0.05) is 43.2 Å². The van der Waals surface area contributed by atoms with Crippen LogP contribution in [0.5, 0.6) is 5.75 Å². The van der Waals surface area contributed by atoms with Crippen LogP contribution in [0.25, 0.3) is 0 Å². The number of benzene rings is 2. The van der Waals surface area contributed by atoms with Crippen LogP contribution in [0.1, 0.15) is 45.2 Å². The predicted octanol–water partition coefficient (Wildman–Crippen LogP) is 4.97. The number of nitrogens with zero attached hydrogens (tertiary/aromatic N) is 4. The standard InChI is InChI=1S/C31H39N5O4S2/c1-20(2)29(38)35-11-8-12-36(14-13-35)30(39)24-17-26(21(3)15-25(24)40-6)41-27-18-32-31(42-27)33-28(37)23-10-7-9-22(16-23)19-34(4)5/h7,9-10,15-18,29,38H,1,8,11-14,19H2,2-6H3,(H,32,33,37). The van der Waals surface area contributed by atoms with Crippen molar-refractivity contribution in [3.8, 4) is 5.75 Å². The van der Waals surface area contributed by atoms with Gasteiger partial charge in [-0.2, -0.15) is 0 Å². The lowest BCUT2D eigenvalue weighted by molar-refractivity contribution is 0.0352. The van der Waals surface area contributed by atoms with Crippen molar-refractivity contribution >= 4 is 40.0 Å². The number of ether oxygens (including phenoxy) is 1. The highest BCUT2D eigenvalue weighted by Gasteiger charge is 2.26. The van der Waals surface area contributed by atoms with Gasteiger partial charge in [-0.1, -0.05) is 41.8 Å². The number of amides is 2. The second kappa shape index (κ2) is 14.3. The van der Waals surface area contributed by atoms with E-state index in [4.69, 9.17) is 4.74 Å². The van der Waals surface area contributed by atoms with Crippen LogP contribution in [0.3, 0.4) is 0 Å². The van der Waals surface area contributed by atoms with E-state index in [0.717, 1.165) is 33.2 Å². The Morgan fingerprint density at radius 3 is 2.71 bits per heavy atom. The molecule has 1 atom stereocenters. The van der Waals surface area contributed by atoms with Gasteiger partial charge in [0.2, 0.25) is 0 Å². The van der Waals surface area contributed by atoms with E-state index in [1.54, 1.807) is 26.3 Å². The number of aromatic nitrogens is 1. The van der Waals surface area contributed by atoms with Crippen LogP contribution in [0.2, 0.25) is 0 Å². The molecule has 224 valence electrons. The van der Waals surface area contributed by atoms with Gasteiger partial charge in [-0.3, -0.25) is 19.8 Å². The number of aliphatic hydroxyl groups excluding tert-OH is 1. The molecule has 0 bridgehead atoms. The number of anilines is 1. The summed E-state index contributed by atoms with van der Waals surface area (Å²) >= 11 is 2.88. The number of aliphatic hydroxyl groups is 1. The molecule has 0 saturated carbocycles. The summed E-state index contributed by atoms with van der Waals surface area (Å²) in [6.45, 7) is 10.7. The van der Waals surface area contributed by atoms with Crippen LogP contribution >= 0.6 is 23.1 Å². The molecule has 3 aromatic rings. The molecule has 2 amide bonds. The molecule has 11 heteroatoms. The van der Waals surface area contributed by atoms with Crippen molar-refractivity contribution in [2.75, 3.05) is 52.7 Å². The molecule has 4 rings (SSSR count). The summed E-state index contributed by atoms with van der Waals surface area (Å²) in [6.07, 6.45) is 1.77. The maximum absolute atomic E-state index is 13.7. The molecule has 1 aromatic heterocycles. The van der Waals surface area contributed by atoms with Crippen LogP contribution in [-0.2, 0) is 6.54 Å². The van der Waals surface area contributed by atoms with Crippen LogP contribution in [0, 0.1) is 6.92 Å². The molecule has 0 radical (unpaired) electrons. The molecule has 42 heavy (non-hydrogen) atoms. The number of aryl methyl sites for hydroxylation is 1. The number of carbonyl (C=O) groups is 2. The maximum Gasteiger partial charge on any atom is 0.257 e. The summed E-state index contributed by atoms with van der Waals surface area (Å²) in [5, 5.41) is 13.8. The SMILES string of the molecule is C=C(C)C(O)N1CCCN(C(=O)c2cc(Sc3cnc(NC(=O)c4cccc(CN(C)C)c4)s3)c(C)cc2OC)CC1. The Morgan fingerprint density at radius 2 is 2.00 bits per heavy atom. The fourth-order valence-corrected chi connectivity index (χ4v) is 6.73. The Morgan fingerprint density at radius 1 is 1.21 bits per heavy atom. The Balaban J connectivity index is 1.47. The Hall–Kier alpha value is -3.22. The molecule has 1 fully saturated rings. The van der Waals surface area contributed by atoms with Crippen molar-refractivity contribution in [1.82, 2.24) is 19.7 Å². The first-order chi connectivity index (χ1) is 20.0. The average Bonchev–Trinajstić information content (AvgIpc) is 3.24. The minimum absolute atomic E-state index is 0.103. The van der Waals surface area contributed by atoms with Gasteiger partial charge in [-0.25, -0.2) is 4.98 Å². The highest BCUT2D eigenvalue weighted by atomic mass is 32.2. The van der Waals surface area contributed by atoms with Crippen molar-refractivity contribution in [2.24, 2.45) is 0 Å². The number of nitrogens with one attached hydrogen (secondary N) is 1. The molecular weight excluding hydrogens is 571 g/mol. The van der Waals surface area contributed by atoms with E-state index in [-0.39, 0.29) is 11.8 Å². The molecule has 0 aliphatic carbocycles. The summed E-state index contributed by atoms with van der Waals surface area (Å²) in [5.41, 5.74) is 3.80. The number of thiazole rings is 1. The van der Waals surface area contributed by atoms with Gasteiger partial charge in [-0.15, -0.1) is 0 Å². The van der Waals surface area contributed by atoms with Crippen molar-refractivity contribution < 1.29 is 19.4 Å². The number of hydrogen-bond acceptors (Lipinski definition) is 9. The lowest BCUT2D eigenvalue weighted by atomic mass is 10.1. The minimum Gasteiger partial charge on any atom is -0.496 e. The van der Waals surface area contributed by atoms with Crippen LogP contribution in [0.4, 0.5) is 5.13 Å². The first-order valence-electron chi connectivity index (χ1n) is 13.8. The molecule has 1 aliphatic rings. The lowest BCUT2D eigenvalue weighted by Crippen LogP contribution is -2.40. The number of rotatable bonds is 10. The zero-order valence-corrected chi connectivity index (χ0v) is 26.5. The number of carbonyl (C=O) groups excluding carboxylic acids is 2. The first kappa shape index (κ1) is 31.7. The van der Waals surface area contributed by atoms with Gasteiger partial charge in [0.1, 0.15) is 12.0 Å². The first-order valence-corrected chi connectivity index (χ1v) is 15.4. The largest absolute Gasteiger partial charge is 0.496 e. The third kappa shape index (κ3) is 7.99. The molecule has 1 unspecified atom stereocenters. The second-order valence-electron chi connectivity index (χ2n) is 10.7. The zero-order chi connectivity index (χ0) is 30.4. The smallest absolute Gasteiger partial charge is 0.257 e. The Labute approximate surface area is 256 Å². The lowest BCUT2D eigenvalue weighted by Gasteiger charge is -2.27. The molecule has 9 nitrogen and oxygen atoms in total. The topological polar surface area (TPSA) is 98.2 Å². The van der Waals surface area contributed by atoms with Crippen molar-refractivity contribution in [2.45, 2.75) is 42.1 Å². The second-order valence-corrected chi connectivity index (χ2v) is 13.1. The molecular formula is C31H39N5O4S2. The van der Waals surface area contributed by atoms with Crippen molar-refractivity contribution in [3.05, 3.63) is 77.0 Å². The van der Waals surface area contributed by atoms with E-state index >= 15 is 0 Å². The summed E-state index contributed by atoms with van der Waals surface area (Å²) in [6, 6.07) is 11.3. The van der Waals surface area contributed by atoms with Crippen LogP contribution < -0.4 is 10.1 Å². The summed E-state index contributed by atoms with van der Waals surface area (Å²) in [5.74, 6) is 0.217. The van der Waals surface area contributed by atoms with Gasteiger partial charge >= 0.3 is 0 Å². The third-order valence-electron chi connectivity index (χ3n) is 6.94. The summed E-state index contributed by atoms with van der Waals surface area (Å²) < 4.78 is 6.49. The summed E-state index contributed by atoms with van der Waals surface area (Å²) in [4.78, 5) is 37.7. The number of methoxy groups -OCH3 is 1. The molecule has 2 heterocycles. The predicted molar refractivity (Wildman–Crippen MR) is 169 cm³/mol. The van der Waals surface area contributed by atoms with Gasteiger partial charge < -0.3 is 19.6 Å². The van der Waals surface area contributed by atoms with E-state index in [1.807, 2.05) is 61.2 Å². The zero-order valence-electron chi connectivity index (χ0n) is 24.8. The van der Waals surface area contributed by atoms with E-state index in [1.165, 1.54) is 23.1 Å². The normalized spacial score (nSPS) is 14.9. The number of hydrogen-bond donors (Lipinski definition) is 2. The van der Waals surface area contributed by atoms with E-state index in [9.17, 15) is 14.7 Å². The molecule has 1 saturated heterocycles. The summed E-state index contributed by atoms with van der Waals surface area (Å²) in [7, 11) is 5.55. The highest BCUT2D eigenvalue weighted by molar-refractivity contribution is 8.01. The fraction of sp³-hybridized carbons (Fsp3) is 0.387. The van der Waals surface area contributed by atoms with E-state index in [0.29, 0.717) is 53.8 Å². The molecule has 2 aromatic carbocycles. The average molecular weight is 610 g/mol. The quantitative estimate of drug-likeness (QED) is 0.311. The Bertz CT molecular complexity index is 1440. The molecule has 0 spiro atoms. The molecule has 2 N–H and O–H groups in total. The monoisotopic (exact) mass is 609 g/mol. The highest BCUT2D eigenvalue weighted by Crippen LogP contribution is 2.38. The molecule has 1 aliphatic heterocycles.